The second kappa shape index (κ2) is 9.97. The third kappa shape index (κ3) is 6.29. The van der Waals surface area contributed by atoms with Crippen LogP contribution in [-0.2, 0) is 11.3 Å². The summed E-state index contributed by atoms with van der Waals surface area (Å²) in [4.78, 5) is 15.1. The zero-order valence-corrected chi connectivity index (χ0v) is 16.1. The smallest absolute Gasteiger partial charge is 0.387 e. The lowest BCUT2D eigenvalue weighted by Gasteiger charge is -2.15. The Kier molecular flexibility index (Phi) is 7.67. The molecule has 2 aromatic rings. The maximum Gasteiger partial charge on any atom is 0.387 e. The van der Waals surface area contributed by atoms with Crippen molar-refractivity contribution in [2.75, 3.05) is 20.4 Å². The number of carbonyl (C=O) groups is 1. The van der Waals surface area contributed by atoms with E-state index in [4.69, 9.17) is 4.74 Å². The van der Waals surface area contributed by atoms with E-state index in [1.807, 2.05) is 30.5 Å². The highest BCUT2D eigenvalue weighted by Crippen LogP contribution is 2.29. The quantitative estimate of drug-likeness (QED) is 0.482. The Bertz CT molecular complexity index is 794. The van der Waals surface area contributed by atoms with Gasteiger partial charge >= 0.3 is 6.61 Å². The van der Waals surface area contributed by atoms with E-state index in [0.717, 1.165) is 5.56 Å². The molecule has 0 unspecified atom stereocenters. The number of benzene rings is 2. The predicted octanol–water partition coefficient (Wildman–Crippen LogP) is 4.69. The summed E-state index contributed by atoms with van der Waals surface area (Å²) in [5.41, 5.74) is 1.67. The van der Waals surface area contributed by atoms with Crippen molar-refractivity contribution in [3.05, 3.63) is 59.7 Å². The summed E-state index contributed by atoms with van der Waals surface area (Å²) in [7, 11) is 3.08. The van der Waals surface area contributed by atoms with Gasteiger partial charge < -0.3 is 14.4 Å². The van der Waals surface area contributed by atoms with Crippen LogP contribution in [0.5, 0.6) is 11.5 Å². The number of amides is 1. The van der Waals surface area contributed by atoms with Crippen LogP contribution in [0, 0.1) is 0 Å². The number of likely N-dealkylation sites (N-methyl/N-ethyl adjacent to an activating group) is 1. The number of hydrogen-bond donors (Lipinski definition) is 0. The van der Waals surface area contributed by atoms with Gasteiger partial charge in [-0.3, -0.25) is 4.79 Å². The number of alkyl halides is 2. The first kappa shape index (κ1) is 20.8. The lowest BCUT2D eigenvalue weighted by atomic mass is 10.1. The van der Waals surface area contributed by atoms with Crippen molar-refractivity contribution < 1.29 is 23.0 Å². The Morgan fingerprint density at radius 1 is 1.19 bits per heavy atom. The summed E-state index contributed by atoms with van der Waals surface area (Å²) in [6, 6.07) is 12.5. The molecular weight excluding hydrogens is 372 g/mol. The molecule has 144 valence electrons. The standard InChI is InChI=1S/C20H21F2NO3S/c1-23(13-15-4-8-16(27-3)9-5-15)19(24)11-7-14-6-10-17(26-20(21)22)18(12-14)25-2/h4-12,20H,13H2,1-3H3/b11-7+. The Balaban J connectivity index is 2.01. The van der Waals surface area contributed by atoms with Gasteiger partial charge in [0.2, 0.25) is 5.91 Å². The third-order valence-corrected chi connectivity index (χ3v) is 4.52. The fraction of sp³-hybridized carbons (Fsp3) is 0.250. The third-order valence-electron chi connectivity index (χ3n) is 3.78. The Hall–Kier alpha value is -2.54. The molecule has 0 bridgehead atoms. The topological polar surface area (TPSA) is 38.8 Å². The van der Waals surface area contributed by atoms with Crippen molar-refractivity contribution in [2.45, 2.75) is 18.1 Å². The second-order valence-electron chi connectivity index (χ2n) is 5.66. The number of methoxy groups -OCH3 is 1. The molecule has 0 aliphatic rings. The first-order valence-electron chi connectivity index (χ1n) is 8.12. The summed E-state index contributed by atoms with van der Waals surface area (Å²) >= 11 is 1.66. The zero-order chi connectivity index (χ0) is 19.8. The summed E-state index contributed by atoms with van der Waals surface area (Å²) in [6.45, 7) is -2.44. The van der Waals surface area contributed by atoms with Crippen molar-refractivity contribution in [3.8, 4) is 11.5 Å². The molecule has 0 spiro atoms. The summed E-state index contributed by atoms with van der Waals surface area (Å²) in [5.74, 6) is -0.0512. The monoisotopic (exact) mass is 393 g/mol. The Morgan fingerprint density at radius 2 is 1.89 bits per heavy atom. The van der Waals surface area contributed by atoms with Crippen LogP contribution in [0.15, 0.2) is 53.4 Å². The molecule has 27 heavy (non-hydrogen) atoms. The van der Waals surface area contributed by atoms with Crippen molar-refractivity contribution in [2.24, 2.45) is 0 Å². The lowest BCUT2D eigenvalue weighted by molar-refractivity contribution is -0.125. The molecule has 0 atom stereocenters. The van der Waals surface area contributed by atoms with Gasteiger partial charge in [0.1, 0.15) is 0 Å². The largest absolute Gasteiger partial charge is 0.493 e. The highest BCUT2D eigenvalue weighted by atomic mass is 32.2. The van der Waals surface area contributed by atoms with Crippen LogP contribution in [0.3, 0.4) is 0 Å². The highest BCUT2D eigenvalue weighted by molar-refractivity contribution is 7.98. The van der Waals surface area contributed by atoms with Crippen molar-refractivity contribution in [1.29, 1.82) is 0 Å². The normalized spacial score (nSPS) is 11.0. The number of halogens is 2. The molecule has 0 aliphatic carbocycles. The van der Waals surface area contributed by atoms with Gasteiger partial charge in [0.05, 0.1) is 7.11 Å². The molecule has 0 radical (unpaired) electrons. The van der Waals surface area contributed by atoms with E-state index < -0.39 is 6.61 Å². The van der Waals surface area contributed by atoms with E-state index in [1.165, 1.54) is 30.2 Å². The van der Waals surface area contributed by atoms with Crippen LogP contribution in [-0.4, -0.2) is 37.8 Å². The predicted molar refractivity (Wildman–Crippen MR) is 103 cm³/mol. The Morgan fingerprint density at radius 3 is 2.48 bits per heavy atom. The summed E-state index contributed by atoms with van der Waals surface area (Å²) < 4.78 is 34.1. The fourth-order valence-corrected chi connectivity index (χ4v) is 2.77. The molecule has 2 rings (SSSR count). The van der Waals surface area contributed by atoms with Crippen LogP contribution >= 0.6 is 11.8 Å². The SMILES string of the molecule is COc1cc(/C=C/C(=O)N(C)Cc2ccc(SC)cc2)ccc1OC(F)F. The van der Waals surface area contributed by atoms with Crippen molar-refractivity contribution >= 4 is 23.7 Å². The first-order valence-corrected chi connectivity index (χ1v) is 9.34. The molecule has 0 saturated carbocycles. The highest BCUT2D eigenvalue weighted by Gasteiger charge is 2.11. The molecule has 2 aromatic carbocycles. The number of thioether (sulfide) groups is 1. The van der Waals surface area contributed by atoms with E-state index >= 15 is 0 Å². The zero-order valence-electron chi connectivity index (χ0n) is 15.3. The molecule has 7 heteroatoms. The molecule has 0 aliphatic heterocycles. The number of carbonyl (C=O) groups excluding carboxylic acids is 1. The van der Waals surface area contributed by atoms with Crippen LogP contribution in [0.25, 0.3) is 6.08 Å². The van der Waals surface area contributed by atoms with Gasteiger partial charge in [0.25, 0.3) is 0 Å². The van der Waals surface area contributed by atoms with E-state index in [9.17, 15) is 13.6 Å². The average Bonchev–Trinajstić information content (AvgIpc) is 2.67. The van der Waals surface area contributed by atoms with Gasteiger partial charge in [-0.1, -0.05) is 18.2 Å². The minimum atomic E-state index is -2.93. The first-order chi connectivity index (χ1) is 12.9. The summed E-state index contributed by atoms with van der Waals surface area (Å²) in [5, 5.41) is 0. The van der Waals surface area contributed by atoms with E-state index in [2.05, 4.69) is 4.74 Å². The fourth-order valence-electron chi connectivity index (χ4n) is 2.36. The molecule has 0 N–H and O–H groups in total. The number of hydrogen-bond acceptors (Lipinski definition) is 4. The molecule has 0 fully saturated rings. The maximum absolute atomic E-state index is 12.4. The van der Waals surface area contributed by atoms with Gasteiger partial charge in [-0.25, -0.2) is 0 Å². The maximum atomic E-state index is 12.4. The van der Waals surface area contributed by atoms with Crippen LogP contribution in [0.2, 0.25) is 0 Å². The number of rotatable bonds is 8. The van der Waals surface area contributed by atoms with Crippen LogP contribution < -0.4 is 9.47 Å². The van der Waals surface area contributed by atoms with Crippen molar-refractivity contribution in [1.82, 2.24) is 4.90 Å². The van der Waals surface area contributed by atoms with Crippen LogP contribution in [0.4, 0.5) is 8.78 Å². The molecule has 1 amide bonds. The molecule has 0 heterocycles. The second-order valence-corrected chi connectivity index (χ2v) is 6.54. The van der Waals surface area contributed by atoms with E-state index in [0.29, 0.717) is 12.1 Å². The van der Waals surface area contributed by atoms with Gasteiger partial charge in [0, 0.05) is 24.6 Å². The van der Waals surface area contributed by atoms with Gasteiger partial charge in [-0.05, 0) is 47.7 Å². The van der Waals surface area contributed by atoms with Gasteiger partial charge in [0.15, 0.2) is 11.5 Å². The molecular formula is C20H21F2NO3S. The van der Waals surface area contributed by atoms with Gasteiger partial charge in [-0.15, -0.1) is 11.8 Å². The molecule has 0 aromatic heterocycles. The number of ether oxygens (including phenoxy) is 2. The molecule has 0 saturated heterocycles. The average molecular weight is 393 g/mol. The number of nitrogens with zero attached hydrogens (tertiary/aromatic N) is 1. The minimum absolute atomic E-state index is 0.0539. The van der Waals surface area contributed by atoms with Gasteiger partial charge in [-0.2, -0.15) is 8.78 Å². The Labute approximate surface area is 161 Å². The van der Waals surface area contributed by atoms with E-state index in [1.54, 1.807) is 35.9 Å². The van der Waals surface area contributed by atoms with Crippen LogP contribution in [0.1, 0.15) is 11.1 Å². The van der Waals surface area contributed by atoms with Crippen molar-refractivity contribution in [3.63, 3.8) is 0 Å². The minimum Gasteiger partial charge on any atom is -0.493 e. The lowest BCUT2D eigenvalue weighted by Crippen LogP contribution is -2.24. The summed E-state index contributed by atoms with van der Waals surface area (Å²) in [6.07, 6.45) is 5.04. The molecule has 4 nitrogen and oxygen atoms in total. The van der Waals surface area contributed by atoms with E-state index in [-0.39, 0.29) is 17.4 Å².